The van der Waals surface area contributed by atoms with E-state index in [1.54, 1.807) is 6.92 Å². The average Bonchev–Trinajstić information content (AvgIpc) is 2.03. The molecule has 0 saturated carbocycles. The number of carbonyl (C=O) groups excluding carboxylic acids is 1. The van der Waals surface area contributed by atoms with Gasteiger partial charge in [-0.25, -0.2) is 0 Å². The van der Waals surface area contributed by atoms with Crippen molar-refractivity contribution in [2.45, 2.75) is 59.3 Å². The summed E-state index contributed by atoms with van der Waals surface area (Å²) >= 11 is 0. The Morgan fingerprint density at radius 1 is 1.25 bits per heavy atom. The number of ketones is 1. The van der Waals surface area contributed by atoms with Crippen molar-refractivity contribution in [1.29, 1.82) is 0 Å². The molecule has 0 aromatic rings. The molecule has 72 valence electrons. The molecule has 0 saturated heterocycles. The zero-order valence-electron chi connectivity index (χ0n) is 8.73. The van der Waals surface area contributed by atoms with Crippen molar-refractivity contribution < 1.29 is 4.79 Å². The first-order chi connectivity index (χ1) is 5.66. The van der Waals surface area contributed by atoms with Crippen molar-refractivity contribution in [2.24, 2.45) is 5.92 Å². The van der Waals surface area contributed by atoms with Gasteiger partial charge in [0.1, 0.15) is 5.78 Å². The van der Waals surface area contributed by atoms with E-state index in [2.05, 4.69) is 13.8 Å². The normalized spacial score (nSPS) is 12.9. The van der Waals surface area contributed by atoms with Crippen LogP contribution in [0.3, 0.4) is 0 Å². The highest BCUT2D eigenvalue weighted by Crippen LogP contribution is 2.12. The van der Waals surface area contributed by atoms with E-state index in [0.717, 1.165) is 18.8 Å². The summed E-state index contributed by atoms with van der Waals surface area (Å²) in [4.78, 5) is 10.6. The summed E-state index contributed by atoms with van der Waals surface area (Å²) in [5, 5.41) is 0. The summed E-state index contributed by atoms with van der Waals surface area (Å²) in [6.07, 6.45) is 7.00. The van der Waals surface area contributed by atoms with Crippen LogP contribution in [0.15, 0.2) is 0 Å². The van der Waals surface area contributed by atoms with E-state index in [1.165, 1.54) is 25.7 Å². The van der Waals surface area contributed by atoms with Crippen LogP contribution in [0.2, 0.25) is 0 Å². The lowest BCUT2D eigenvalue weighted by Crippen LogP contribution is -1.93. The van der Waals surface area contributed by atoms with Crippen LogP contribution in [0.5, 0.6) is 0 Å². The quantitative estimate of drug-likeness (QED) is 0.534. The third-order valence-electron chi connectivity index (χ3n) is 2.42. The van der Waals surface area contributed by atoms with E-state index in [-0.39, 0.29) is 0 Å². The van der Waals surface area contributed by atoms with Gasteiger partial charge in [0, 0.05) is 6.42 Å². The molecule has 0 aliphatic carbocycles. The van der Waals surface area contributed by atoms with Crippen molar-refractivity contribution in [2.75, 3.05) is 0 Å². The average molecular weight is 170 g/mol. The Bertz CT molecular complexity index is 118. The van der Waals surface area contributed by atoms with Gasteiger partial charge in [-0.2, -0.15) is 0 Å². The monoisotopic (exact) mass is 170 g/mol. The summed E-state index contributed by atoms with van der Waals surface area (Å²) < 4.78 is 0. The Morgan fingerprint density at radius 3 is 2.42 bits per heavy atom. The minimum absolute atomic E-state index is 0.332. The van der Waals surface area contributed by atoms with Crippen molar-refractivity contribution in [3.05, 3.63) is 0 Å². The Kier molecular flexibility index (Phi) is 7.12. The zero-order valence-corrected chi connectivity index (χ0v) is 8.73. The van der Waals surface area contributed by atoms with E-state index in [0.29, 0.717) is 5.78 Å². The number of unbranched alkanes of at least 4 members (excludes halogenated alkanes) is 2. The van der Waals surface area contributed by atoms with Crippen LogP contribution < -0.4 is 0 Å². The van der Waals surface area contributed by atoms with Crippen LogP contribution in [-0.2, 0) is 4.79 Å². The van der Waals surface area contributed by atoms with Crippen molar-refractivity contribution in [3.63, 3.8) is 0 Å². The Balaban J connectivity index is 3.05. The Morgan fingerprint density at radius 2 is 1.92 bits per heavy atom. The molecule has 0 rings (SSSR count). The Hall–Kier alpha value is -0.330. The fourth-order valence-corrected chi connectivity index (χ4v) is 1.25. The fraction of sp³-hybridized carbons (Fsp3) is 0.909. The van der Waals surface area contributed by atoms with Crippen molar-refractivity contribution in [3.8, 4) is 0 Å². The van der Waals surface area contributed by atoms with E-state index in [4.69, 9.17) is 0 Å². The molecule has 1 nitrogen and oxygen atoms in total. The van der Waals surface area contributed by atoms with Crippen LogP contribution in [-0.4, -0.2) is 5.78 Å². The van der Waals surface area contributed by atoms with Gasteiger partial charge in [-0.3, -0.25) is 0 Å². The van der Waals surface area contributed by atoms with Gasteiger partial charge < -0.3 is 4.79 Å². The van der Waals surface area contributed by atoms with Crippen LogP contribution >= 0.6 is 0 Å². The van der Waals surface area contributed by atoms with E-state index < -0.39 is 0 Å². The highest BCUT2D eigenvalue weighted by atomic mass is 16.1. The van der Waals surface area contributed by atoms with Crippen LogP contribution in [0.25, 0.3) is 0 Å². The van der Waals surface area contributed by atoms with Gasteiger partial charge in [-0.15, -0.1) is 0 Å². The van der Waals surface area contributed by atoms with Crippen LogP contribution in [0.4, 0.5) is 0 Å². The second-order valence-electron chi connectivity index (χ2n) is 3.81. The first kappa shape index (κ1) is 11.7. The molecule has 12 heavy (non-hydrogen) atoms. The smallest absolute Gasteiger partial charge is 0.129 e. The molecule has 0 aromatic heterocycles. The van der Waals surface area contributed by atoms with Gasteiger partial charge in [0.25, 0.3) is 0 Å². The van der Waals surface area contributed by atoms with Gasteiger partial charge in [-0.1, -0.05) is 39.5 Å². The standard InChI is InChI=1S/C11H22O/c1-4-10(2)8-6-5-7-9-11(3)12/h10H,4-9H2,1-3H3/t10-/m0/s1. The third kappa shape index (κ3) is 7.77. The van der Waals surface area contributed by atoms with Gasteiger partial charge in [-0.05, 0) is 19.3 Å². The van der Waals surface area contributed by atoms with Gasteiger partial charge >= 0.3 is 0 Å². The SMILES string of the molecule is CC[C@H](C)CCCCCC(C)=O. The molecule has 1 atom stereocenters. The lowest BCUT2D eigenvalue weighted by atomic mass is 10.0. The molecule has 0 amide bonds. The predicted octanol–water partition coefficient (Wildman–Crippen LogP) is 3.57. The molecule has 1 heteroatoms. The van der Waals surface area contributed by atoms with Crippen molar-refractivity contribution in [1.82, 2.24) is 0 Å². The molecule has 0 unspecified atom stereocenters. The first-order valence-corrected chi connectivity index (χ1v) is 5.16. The fourth-order valence-electron chi connectivity index (χ4n) is 1.25. The minimum Gasteiger partial charge on any atom is -0.300 e. The van der Waals surface area contributed by atoms with Gasteiger partial charge in [0.05, 0.1) is 0 Å². The van der Waals surface area contributed by atoms with E-state index >= 15 is 0 Å². The second-order valence-corrected chi connectivity index (χ2v) is 3.81. The summed E-state index contributed by atoms with van der Waals surface area (Å²) in [5.41, 5.74) is 0. The second kappa shape index (κ2) is 7.33. The number of hydrogen-bond donors (Lipinski definition) is 0. The number of Topliss-reactive ketones (excluding diaryl/α,β-unsaturated/α-hetero) is 1. The third-order valence-corrected chi connectivity index (χ3v) is 2.42. The molecular formula is C11H22O. The molecule has 0 bridgehead atoms. The number of rotatable bonds is 7. The maximum absolute atomic E-state index is 10.6. The molecule has 0 N–H and O–H groups in total. The first-order valence-electron chi connectivity index (χ1n) is 5.16. The number of carbonyl (C=O) groups is 1. The molecule has 0 aromatic carbocycles. The highest BCUT2D eigenvalue weighted by Gasteiger charge is 1.98. The molecule has 0 aliphatic heterocycles. The molecular weight excluding hydrogens is 148 g/mol. The lowest BCUT2D eigenvalue weighted by molar-refractivity contribution is -0.117. The predicted molar refractivity (Wildman–Crippen MR) is 53.2 cm³/mol. The zero-order chi connectivity index (χ0) is 9.40. The summed E-state index contributed by atoms with van der Waals surface area (Å²) in [6.45, 7) is 6.21. The largest absolute Gasteiger partial charge is 0.300 e. The van der Waals surface area contributed by atoms with Gasteiger partial charge in [0.2, 0.25) is 0 Å². The summed E-state index contributed by atoms with van der Waals surface area (Å²) in [5.74, 6) is 1.20. The summed E-state index contributed by atoms with van der Waals surface area (Å²) in [7, 11) is 0. The molecule has 0 spiro atoms. The van der Waals surface area contributed by atoms with E-state index in [1.807, 2.05) is 0 Å². The lowest BCUT2D eigenvalue weighted by Gasteiger charge is -2.06. The maximum atomic E-state index is 10.6. The van der Waals surface area contributed by atoms with E-state index in [9.17, 15) is 4.79 Å². The topological polar surface area (TPSA) is 17.1 Å². The van der Waals surface area contributed by atoms with Crippen LogP contribution in [0, 0.1) is 5.92 Å². The highest BCUT2D eigenvalue weighted by molar-refractivity contribution is 5.75. The maximum Gasteiger partial charge on any atom is 0.129 e. The molecule has 0 radical (unpaired) electrons. The number of hydrogen-bond acceptors (Lipinski definition) is 1. The minimum atomic E-state index is 0.332. The van der Waals surface area contributed by atoms with Crippen LogP contribution in [0.1, 0.15) is 59.3 Å². The van der Waals surface area contributed by atoms with Crippen molar-refractivity contribution >= 4 is 5.78 Å². The molecule has 0 heterocycles. The Labute approximate surface area is 76.6 Å². The molecule has 0 aliphatic rings. The van der Waals surface area contributed by atoms with Gasteiger partial charge in [0.15, 0.2) is 0 Å². The molecule has 0 fully saturated rings. The summed E-state index contributed by atoms with van der Waals surface area (Å²) in [6, 6.07) is 0.